The van der Waals surface area contributed by atoms with Gasteiger partial charge in [0, 0.05) is 18.6 Å². The number of ether oxygens (including phenoxy) is 2. The lowest BCUT2D eigenvalue weighted by Crippen LogP contribution is -2.32. The van der Waals surface area contributed by atoms with Crippen LogP contribution in [-0.4, -0.2) is 25.9 Å². The highest BCUT2D eigenvalue weighted by Crippen LogP contribution is 2.36. The molecular weight excluding hydrogens is 262 g/mol. The van der Waals surface area contributed by atoms with Gasteiger partial charge in [0.15, 0.2) is 0 Å². The van der Waals surface area contributed by atoms with Gasteiger partial charge >= 0.3 is 0 Å². The zero-order chi connectivity index (χ0) is 14.7. The van der Waals surface area contributed by atoms with E-state index in [9.17, 15) is 0 Å². The number of benzene rings is 1. The largest absolute Gasteiger partial charge is 0.493 e. The third kappa shape index (κ3) is 3.24. The van der Waals surface area contributed by atoms with Gasteiger partial charge in [-0.2, -0.15) is 0 Å². The fraction of sp³-hybridized carbons (Fsp3) is 0.667. The van der Waals surface area contributed by atoms with E-state index in [1.807, 2.05) is 0 Å². The topological polar surface area (TPSA) is 30.5 Å². The van der Waals surface area contributed by atoms with Gasteiger partial charge in [-0.3, -0.25) is 0 Å². The van der Waals surface area contributed by atoms with Crippen molar-refractivity contribution in [3.63, 3.8) is 0 Å². The molecule has 0 spiro atoms. The lowest BCUT2D eigenvalue weighted by molar-refractivity contribution is 0.0953. The molecule has 3 rings (SSSR count). The minimum Gasteiger partial charge on any atom is -0.493 e. The zero-order valence-electron chi connectivity index (χ0n) is 13.2. The maximum Gasteiger partial charge on any atom is 0.122 e. The van der Waals surface area contributed by atoms with Crippen molar-refractivity contribution in [2.75, 3.05) is 19.8 Å². The highest BCUT2D eigenvalue weighted by molar-refractivity contribution is 5.40. The molecule has 0 bridgehead atoms. The molecule has 0 aliphatic carbocycles. The predicted octanol–water partition coefficient (Wildman–Crippen LogP) is 3.48. The summed E-state index contributed by atoms with van der Waals surface area (Å²) < 4.78 is 11.5. The summed E-state index contributed by atoms with van der Waals surface area (Å²) in [4.78, 5) is 0. The van der Waals surface area contributed by atoms with Crippen LogP contribution >= 0.6 is 0 Å². The molecule has 2 aliphatic heterocycles. The Morgan fingerprint density at radius 3 is 3.00 bits per heavy atom. The van der Waals surface area contributed by atoms with Crippen LogP contribution in [0.25, 0.3) is 0 Å². The standard InChI is InChI=1S/C18H27NO2/c1-3-9-19-18(16-8-11-20-13(16)2)15-6-7-17-14(12-15)5-4-10-21-17/h6-7,12-13,16,18-19H,3-5,8-11H2,1-2H3. The van der Waals surface area contributed by atoms with Crippen LogP contribution in [-0.2, 0) is 11.2 Å². The zero-order valence-corrected chi connectivity index (χ0v) is 13.2. The number of fused-ring (bicyclic) bond motifs is 1. The van der Waals surface area contributed by atoms with Crippen LogP contribution in [0.5, 0.6) is 5.75 Å². The smallest absolute Gasteiger partial charge is 0.122 e. The Labute approximate surface area is 128 Å². The first-order valence-corrected chi connectivity index (χ1v) is 8.40. The summed E-state index contributed by atoms with van der Waals surface area (Å²) in [6, 6.07) is 7.15. The van der Waals surface area contributed by atoms with Crippen LogP contribution in [0.15, 0.2) is 18.2 Å². The Balaban J connectivity index is 1.84. The minimum absolute atomic E-state index is 0.339. The number of rotatable bonds is 5. The minimum atomic E-state index is 0.339. The number of hydrogen-bond donors (Lipinski definition) is 1. The predicted molar refractivity (Wildman–Crippen MR) is 84.8 cm³/mol. The second-order valence-corrected chi connectivity index (χ2v) is 6.28. The van der Waals surface area contributed by atoms with E-state index in [0.29, 0.717) is 18.1 Å². The summed E-state index contributed by atoms with van der Waals surface area (Å²) in [5.41, 5.74) is 2.77. The van der Waals surface area contributed by atoms with Gasteiger partial charge in [0.1, 0.15) is 5.75 Å². The average Bonchev–Trinajstić information content (AvgIpc) is 2.94. The number of hydrogen-bond acceptors (Lipinski definition) is 3. The third-order valence-electron chi connectivity index (χ3n) is 4.77. The van der Waals surface area contributed by atoms with Crippen molar-refractivity contribution in [1.82, 2.24) is 5.32 Å². The van der Waals surface area contributed by atoms with Gasteiger partial charge in [0.05, 0.1) is 12.7 Å². The van der Waals surface area contributed by atoms with Crippen LogP contribution in [0.1, 0.15) is 50.3 Å². The molecule has 0 saturated carbocycles. The van der Waals surface area contributed by atoms with Crippen molar-refractivity contribution in [2.45, 2.75) is 51.7 Å². The van der Waals surface area contributed by atoms with E-state index in [-0.39, 0.29) is 0 Å². The highest BCUT2D eigenvalue weighted by atomic mass is 16.5. The van der Waals surface area contributed by atoms with E-state index in [4.69, 9.17) is 9.47 Å². The van der Waals surface area contributed by atoms with Crippen molar-refractivity contribution in [3.05, 3.63) is 29.3 Å². The summed E-state index contributed by atoms with van der Waals surface area (Å²) in [5.74, 6) is 1.65. The van der Waals surface area contributed by atoms with Crippen LogP contribution in [0.3, 0.4) is 0 Å². The SMILES string of the molecule is CCCNC(c1ccc2c(c1)CCCO2)C1CCOC1C. The van der Waals surface area contributed by atoms with Gasteiger partial charge < -0.3 is 14.8 Å². The van der Waals surface area contributed by atoms with Crippen LogP contribution in [0.2, 0.25) is 0 Å². The van der Waals surface area contributed by atoms with Gasteiger partial charge in [-0.15, -0.1) is 0 Å². The van der Waals surface area contributed by atoms with Gasteiger partial charge in [-0.25, -0.2) is 0 Å². The second-order valence-electron chi connectivity index (χ2n) is 6.28. The lowest BCUT2D eigenvalue weighted by Gasteiger charge is -2.29. The fourth-order valence-electron chi connectivity index (χ4n) is 3.58. The van der Waals surface area contributed by atoms with Crippen molar-refractivity contribution in [2.24, 2.45) is 5.92 Å². The summed E-state index contributed by atoms with van der Waals surface area (Å²) in [6.45, 7) is 7.24. The van der Waals surface area contributed by atoms with Gasteiger partial charge in [-0.05, 0) is 56.3 Å². The molecule has 2 heterocycles. The number of nitrogens with one attached hydrogen (secondary N) is 1. The average molecular weight is 289 g/mol. The normalized spacial score (nSPS) is 26.2. The number of aryl methyl sites for hydroxylation is 1. The Kier molecular flexibility index (Phi) is 4.81. The highest BCUT2D eigenvalue weighted by Gasteiger charge is 2.32. The van der Waals surface area contributed by atoms with E-state index < -0.39 is 0 Å². The molecule has 3 atom stereocenters. The Morgan fingerprint density at radius 2 is 2.24 bits per heavy atom. The lowest BCUT2D eigenvalue weighted by atomic mass is 9.87. The van der Waals surface area contributed by atoms with Crippen LogP contribution < -0.4 is 10.1 Å². The van der Waals surface area contributed by atoms with Crippen LogP contribution in [0.4, 0.5) is 0 Å². The molecule has 3 nitrogen and oxygen atoms in total. The van der Waals surface area contributed by atoms with E-state index in [2.05, 4.69) is 37.4 Å². The first kappa shape index (κ1) is 14.9. The van der Waals surface area contributed by atoms with E-state index in [1.54, 1.807) is 0 Å². The molecular formula is C18H27NO2. The first-order chi connectivity index (χ1) is 10.3. The maximum atomic E-state index is 5.80. The second kappa shape index (κ2) is 6.80. The molecule has 116 valence electrons. The molecule has 1 aromatic carbocycles. The van der Waals surface area contributed by atoms with Crippen molar-refractivity contribution in [3.8, 4) is 5.75 Å². The third-order valence-corrected chi connectivity index (χ3v) is 4.77. The molecule has 0 aromatic heterocycles. The van der Waals surface area contributed by atoms with Gasteiger partial charge in [-0.1, -0.05) is 19.1 Å². The Morgan fingerprint density at radius 1 is 1.33 bits per heavy atom. The summed E-state index contributed by atoms with van der Waals surface area (Å²) in [7, 11) is 0. The van der Waals surface area contributed by atoms with Crippen molar-refractivity contribution in [1.29, 1.82) is 0 Å². The Hall–Kier alpha value is -1.06. The van der Waals surface area contributed by atoms with Crippen LogP contribution in [0, 0.1) is 5.92 Å². The fourth-order valence-corrected chi connectivity index (χ4v) is 3.58. The van der Waals surface area contributed by atoms with Gasteiger partial charge in [0.25, 0.3) is 0 Å². The molecule has 3 heteroatoms. The van der Waals surface area contributed by atoms with E-state index >= 15 is 0 Å². The molecule has 0 radical (unpaired) electrons. The molecule has 0 amide bonds. The van der Waals surface area contributed by atoms with Crippen molar-refractivity contribution >= 4 is 0 Å². The summed E-state index contributed by atoms with van der Waals surface area (Å²) in [6.07, 6.45) is 4.92. The molecule has 3 unspecified atom stereocenters. The Bertz CT molecular complexity index is 474. The quantitative estimate of drug-likeness (QED) is 0.900. The maximum absolute atomic E-state index is 5.80. The monoisotopic (exact) mass is 289 g/mol. The van der Waals surface area contributed by atoms with E-state index in [1.165, 1.54) is 11.1 Å². The molecule has 1 fully saturated rings. The van der Waals surface area contributed by atoms with E-state index in [0.717, 1.165) is 51.2 Å². The molecule has 1 saturated heterocycles. The van der Waals surface area contributed by atoms with Crippen molar-refractivity contribution < 1.29 is 9.47 Å². The first-order valence-electron chi connectivity index (χ1n) is 8.40. The summed E-state index contributed by atoms with van der Waals surface area (Å²) in [5, 5.41) is 3.74. The summed E-state index contributed by atoms with van der Waals surface area (Å²) >= 11 is 0. The molecule has 1 N–H and O–H groups in total. The van der Waals surface area contributed by atoms with Gasteiger partial charge in [0.2, 0.25) is 0 Å². The molecule has 1 aromatic rings. The molecule has 21 heavy (non-hydrogen) atoms. The molecule has 2 aliphatic rings.